The largest absolute Gasteiger partial charge is 2.00 e. The Hall–Kier alpha value is 0.673. The smallest absolute Gasteiger partial charge is 0.269 e. The summed E-state index contributed by atoms with van der Waals surface area (Å²) in [5.41, 5.74) is 2.83. The molecule has 2 rings (SSSR count). The normalized spacial score (nSPS) is 14.4. The number of hydrogen-bond acceptors (Lipinski definition) is 1. The van der Waals surface area contributed by atoms with Gasteiger partial charge in [-0.05, 0) is 0 Å². The molecule has 0 aromatic carbocycles. The van der Waals surface area contributed by atoms with Crippen LogP contribution in [0.4, 0.5) is 0 Å². The summed E-state index contributed by atoms with van der Waals surface area (Å²) in [5.74, 6) is 0. The van der Waals surface area contributed by atoms with Gasteiger partial charge in [0.1, 0.15) is 0 Å². The molecule has 1 nitrogen and oxygen atoms in total. The van der Waals surface area contributed by atoms with Gasteiger partial charge in [0, 0.05) is 0 Å². The minimum absolute atomic E-state index is 0. The van der Waals surface area contributed by atoms with Crippen molar-refractivity contribution >= 4 is 24.7 Å². The molecule has 0 fully saturated rings. The molecular formula is C24H40InNZr. The van der Waals surface area contributed by atoms with E-state index in [0.29, 0.717) is 0 Å². The van der Waals surface area contributed by atoms with Gasteiger partial charge in [-0.3, -0.25) is 12.2 Å². The molecule has 0 aromatic heterocycles. The average Bonchev–Trinajstić information content (AvgIpc) is 3.32. The predicted octanol–water partition coefficient (Wildman–Crippen LogP) is 6.92. The van der Waals surface area contributed by atoms with E-state index in [1.54, 1.807) is 0 Å². The van der Waals surface area contributed by atoms with Crippen LogP contribution in [0.25, 0.3) is 0 Å². The molecule has 0 saturated heterocycles. The summed E-state index contributed by atoms with van der Waals surface area (Å²) < 4.78 is 2.46. The number of rotatable bonds is 8. The third kappa shape index (κ3) is 17.3. The molecule has 2 aliphatic carbocycles. The molecule has 3 heteroatoms. The van der Waals surface area contributed by atoms with Crippen LogP contribution in [-0.2, 0) is 26.2 Å². The Balaban J connectivity index is 0. The summed E-state index contributed by atoms with van der Waals surface area (Å²) in [6, 6.07) is 1.47. The van der Waals surface area contributed by atoms with E-state index in [4.69, 9.17) is 0 Å². The summed E-state index contributed by atoms with van der Waals surface area (Å²) in [4.78, 5) is 0. The fourth-order valence-electron chi connectivity index (χ4n) is 2.57. The zero-order chi connectivity index (χ0) is 19.8. The van der Waals surface area contributed by atoms with E-state index in [0.717, 1.165) is 24.9 Å². The second kappa shape index (κ2) is 20.0. The fraction of sp³-hybridized carbons (Fsp3) is 0.667. The van der Waals surface area contributed by atoms with Gasteiger partial charge in [0.25, 0.3) is 0 Å². The first-order valence-electron chi connectivity index (χ1n) is 10.5. The van der Waals surface area contributed by atoms with E-state index in [1.807, 2.05) is 0 Å². The van der Waals surface area contributed by atoms with Crippen molar-refractivity contribution in [1.29, 1.82) is 0 Å². The van der Waals surface area contributed by atoms with Crippen molar-refractivity contribution in [2.45, 2.75) is 105 Å². The number of nitrogens with zero attached hydrogens (tertiary/aromatic N) is 1. The van der Waals surface area contributed by atoms with E-state index in [9.17, 15) is 0 Å². The molecule has 148 valence electrons. The van der Waals surface area contributed by atoms with E-state index < -0.39 is 0 Å². The van der Waals surface area contributed by atoms with E-state index in [1.165, 1.54) is 74.3 Å². The molecule has 0 spiro atoms. The molecule has 2 radical (unpaired) electrons. The van der Waals surface area contributed by atoms with Gasteiger partial charge in [0.15, 0.2) is 0 Å². The molecule has 0 N–H and O–H groups in total. The van der Waals surface area contributed by atoms with Crippen molar-refractivity contribution in [3.8, 4) is 0 Å². The number of hydrogen-bond donors (Lipinski definition) is 0. The number of unbranched alkanes of at least 4 members (excludes halogenated alkanes) is 2. The Bertz CT molecular complexity index is 419. The van der Waals surface area contributed by atoms with Crippen molar-refractivity contribution < 1.29 is 26.2 Å². The zero-order valence-electron chi connectivity index (χ0n) is 18.6. The van der Waals surface area contributed by atoms with Crippen LogP contribution in [-0.4, -0.2) is 39.6 Å². The average molecular weight is 549 g/mol. The minimum Gasteiger partial charge on any atom is -0.269 e. The van der Waals surface area contributed by atoms with Gasteiger partial charge in [-0.2, -0.15) is 12.2 Å². The second-order valence-electron chi connectivity index (χ2n) is 7.46. The molecule has 0 bridgehead atoms. The summed E-state index contributed by atoms with van der Waals surface area (Å²) in [7, 11) is 0. The van der Waals surface area contributed by atoms with Crippen LogP contribution >= 0.6 is 0 Å². The van der Waals surface area contributed by atoms with E-state index >= 15 is 0 Å². The van der Waals surface area contributed by atoms with E-state index in [-0.39, 0.29) is 26.2 Å². The Morgan fingerprint density at radius 3 is 1.41 bits per heavy atom. The second-order valence-corrected chi connectivity index (χ2v) is 9.16. The van der Waals surface area contributed by atoms with Crippen LogP contribution in [0.1, 0.15) is 92.9 Å². The van der Waals surface area contributed by atoms with Crippen molar-refractivity contribution in [3.63, 3.8) is 0 Å². The Kier molecular flexibility index (Phi) is 22.1. The fourth-order valence-corrected chi connectivity index (χ4v) is 2.57. The molecule has 0 saturated carbocycles. The maximum Gasteiger partial charge on any atom is 2.00 e. The molecule has 0 aliphatic heterocycles. The van der Waals surface area contributed by atoms with Crippen molar-refractivity contribution in [2.75, 3.05) is 0 Å². The SMILES string of the molecule is CC(C)[N]([In])C(C)C.CCCCC1=[C-]CC=C1.CCCCC1=[C-]CC=C1.[Zr+2]. The van der Waals surface area contributed by atoms with Crippen LogP contribution < -0.4 is 0 Å². The van der Waals surface area contributed by atoms with Crippen LogP contribution in [0.2, 0.25) is 0 Å². The van der Waals surface area contributed by atoms with Gasteiger partial charge in [0.05, 0.1) is 0 Å². The molecule has 0 unspecified atom stereocenters. The zero-order valence-corrected chi connectivity index (χ0v) is 24.4. The van der Waals surface area contributed by atoms with Crippen LogP contribution in [0, 0.1) is 12.2 Å². The monoisotopic (exact) mass is 547 g/mol. The molecule has 0 aromatic rings. The van der Waals surface area contributed by atoms with Gasteiger partial charge >= 0.3 is 93.5 Å². The summed E-state index contributed by atoms with van der Waals surface area (Å²) in [6.07, 6.45) is 25.1. The predicted molar refractivity (Wildman–Crippen MR) is 118 cm³/mol. The van der Waals surface area contributed by atoms with Gasteiger partial charge < -0.3 is 0 Å². The van der Waals surface area contributed by atoms with Crippen molar-refractivity contribution in [3.05, 3.63) is 47.6 Å². The summed E-state index contributed by atoms with van der Waals surface area (Å²) >= 11 is 1.25. The topological polar surface area (TPSA) is 3.24 Å². The number of allylic oxidation sites excluding steroid dienone is 8. The van der Waals surface area contributed by atoms with E-state index in [2.05, 4.69) is 80.9 Å². The Labute approximate surface area is 204 Å². The van der Waals surface area contributed by atoms with Gasteiger partial charge in [-0.25, -0.2) is 23.3 Å². The maximum atomic E-state index is 3.30. The van der Waals surface area contributed by atoms with Crippen LogP contribution in [0.15, 0.2) is 35.5 Å². The molecule has 27 heavy (non-hydrogen) atoms. The molecule has 0 heterocycles. The quantitative estimate of drug-likeness (QED) is 0.298. The first-order valence-corrected chi connectivity index (χ1v) is 11.9. The van der Waals surface area contributed by atoms with Gasteiger partial charge in [0.2, 0.25) is 0 Å². The van der Waals surface area contributed by atoms with Gasteiger partial charge in [-0.1, -0.05) is 52.4 Å². The van der Waals surface area contributed by atoms with Crippen LogP contribution in [0.5, 0.6) is 0 Å². The Morgan fingerprint density at radius 2 is 1.22 bits per heavy atom. The summed E-state index contributed by atoms with van der Waals surface area (Å²) in [6.45, 7) is 13.4. The summed E-state index contributed by atoms with van der Waals surface area (Å²) in [5, 5.41) is 0. The molecule has 0 amide bonds. The van der Waals surface area contributed by atoms with Gasteiger partial charge in [-0.15, -0.1) is 12.8 Å². The standard InChI is InChI=1S/2C9H13.C6H14N.In.Zr/c2*1-2-3-6-9-7-4-5-8-9;1-5(2)7-6(3)4;;/h2*4,7H,2-3,5-6H2,1H3;5-6H,1-4H3;;/q3*-1;+1;+2. The third-order valence-electron chi connectivity index (χ3n) is 4.32. The molecular weight excluding hydrogens is 508 g/mol. The van der Waals surface area contributed by atoms with Crippen molar-refractivity contribution in [1.82, 2.24) is 2.89 Å². The Morgan fingerprint density at radius 1 is 0.852 bits per heavy atom. The molecule has 2 aliphatic rings. The first-order chi connectivity index (χ1) is 12.4. The molecule has 0 atom stereocenters. The minimum atomic E-state index is 0. The van der Waals surface area contributed by atoms with Crippen molar-refractivity contribution in [2.24, 2.45) is 0 Å². The first kappa shape index (κ1) is 29.9. The maximum absolute atomic E-state index is 3.30. The van der Waals surface area contributed by atoms with Crippen LogP contribution in [0.3, 0.4) is 0 Å². The third-order valence-corrected chi connectivity index (χ3v) is 7.73.